The third-order valence-corrected chi connectivity index (χ3v) is 4.58. The molecule has 0 radical (unpaired) electrons. The summed E-state index contributed by atoms with van der Waals surface area (Å²) in [5.74, 6) is 1.54. The Balaban J connectivity index is 1.50. The van der Waals surface area contributed by atoms with Gasteiger partial charge in [0.05, 0.1) is 6.10 Å². The monoisotopic (exact) mass is 383 g/mol. The molecule has 28 heavy (non-hydrogen) atoms. The van der Waals surface area contributed by atoms with Crippen molar-refractivity contribution >= 4 is 11.8 Å². The first kappa shape index (κ1) is 19.9. The Hall–Kier alpha value is -2.83. The minimum atomic E-state index is -0.226. The Morgan fingerprint density at radius 2 is 1.89 bits per heavy atom. The van der Waals surface area contributed by atoms with Crippen LogP contribution in [0.2, 0.25) is 0 Å². The molecule has 2 aromatic heterocycles. The first-order valence-corrected chi connectivity index (χ1v) is 9.94. The Labute approximate surface area is 166 Å². The van der Waals surface area contributed by atoms with Crippen LogP contribution in [0.3, 0.4) is 0 Å². The Morgan fingerprint density at radius 3 is 2.68 bits per heavy atom. The van der Waals surface area contributed by atoms with Gasteiger partial charge in [-0.25, -0.2) is 14.8 Å². The number of urea groups is 1. The number of pyridine rings is 2. The number of anilines is 1. The minimum absolute atomic E-state index is 0.0308. The highest BCUT2D eigenvalue weighted by atomic mass is 16.5. The Bertz CT molecular complexity index is 775. The molecule has 7 heteroatoms. The maximum Gasteiger partial charge on any atom is 0.315 e. The number of amides is 2. The van der Waals surface area contributed by atoms with Gasteiger partial charge in [-0.05, 0) is 56.9 Å². The van der Waals surface area contributed by atoms with E-state index in [1.165, 1.54) is 19.3 Å². The summed E-state index contributed by atoms with van der Waals surface area (Å²) in [6.07, 6.45) is 7.24. The van der Waals surface area contributed by atoms with Crippen LogP contribution >= 0.6 is 0 Å². The second kappa shape index (κ2) is 9.92. The molecule has 0 atom stereocenters. The van der Waals surface area contributed by atoms with Crippen LogP contribution in [0, 0.1) is 0 Å². The van der Waals surface area contributed by atoms with E-state index < -0.39 is 0 Å². The number of hydrogen-bond donors (Lipinski definition) is 2. The maximum absolute atomic E-state index is 12.2. The van der Waals surface area contributed by atoms with Crippen LogP contribution in [0.1, 0.15) is 44.2 Å². The number of hydrogen-bond acceptors (Lipinski definition) is 5. The zero-order valence-electron chi connectivity index (χ0n) is 16.6. The fraction of sp³-hybridized carbons (Fsp3) is 0.476. The van der Waals surface area contributed by atoms with Crippen LogP contribution in [-0.2, 0) is 13.1 Å². The molecule has 150 valence electrons. The predicted molar refractivity (Wildman–Crippen MR) is 109 cm³/mol. The summed E-state index contributed by atoms with van der Waals surface area (Å²) in [6.45, 7) is 6.82. The summed E-state index contributed by atoms with van der Waals surface area (Å²) in [5, 5.41) is 5.77. The highest BCUT2D eigenvalue weighted by molar-refractivity contribution is 5.73. The van der Waals surface area contributed by atoms with E-state index in [2.05, 4.69) is 31.6 Å². The van der Waals surface area contributed by atoms with Gasteiger partial charge in [-0.15, -0.1) is 0 Å². The molecule has 3 heterocycles. The Kier molecular flexibility index (Phi) is 7.06. The first-order chi connectivity index (χ1) is 13.6. The number of rotatable bonds is 7. The van der Waals surface area contributed by atoms with Crippen molar-refractivity contribution in [2.45, 2.75) is 52.3 Å². The first-order valence-electron chi connectivity index (χ1n) is 9.94. The van der Waals surface area contributed by atoms with E-state index in [-0.39, 0.29) is 12.1 Å². The van der Waals surface area contributed by atoms with E-state index in [4.69, 9.17) is 4.74 Å². The van der Waals surface area contributed by atoms with Gasteiger partial charge in [-0.2, -0.15) is 0 Å². The molecule has 0 unspecified atom stereocenters. The molecule has 2 aromatic rings. The topological polar surface area (TPSA) is 79.4 Å². The van der Waals surface area contributed by atoms with Crippen LogP contribution in [0.4, 0.5) is 10.6 Å². The quantitative estimate of drug-likeness (QED) is 0.767. The molecule has 0 bridgehead atoms. The van der Waals surface area contributed by atoms with Crippen molar-refractivity contribution in [2.75, 3.05) is 18.0 Å². The number of nitrogens with zero attached hydrogens (tertiary/aromatic N) is 3. The summed E-state index contributed by atoms with van der Waals surface area (Å²) >= 11 is 0. The van der Waals surface area contributed by atoms with Gasteiger partial charge >= 0.3 is 6.03 Å². The van der Waals surface area contributed by atoms with Crippen LogP contribution in [0.15, 0.2) is 36.7 Å². The third-order valence-electron chi connectivity index (χ3n) is 4.58. The third kappa shape index (κ3) is 5.84. The van der Waals surface area contributed by atoms with E-state index in [0.29, 0.717) is 19.0 Å². The fourth-order valence-corrected chi connectivity index (χ4v) is 3.17. The van der Waals surface area contributed by atoms with Gasteiger partial charge in [0.1, 0.15) is 5.82 Å². The lowest BCUT2D eigenvalue weighted by Gasteiger charge is -2.27. The highest BCUT2D eigenvalue weighted by Gasteiger charge is 2.13. The van der Waals surface area contributed by atoms with Gasteiger partial charge in [0, 0.05) is 44.1 Å². The van der Waals surface area contributed by atoms with Crippen molar-refractivity contribution < 1.29 is 9.53 Å². The van der Waals surface area contributed by atoms with Crippen LogP contribution in [0.5, 0.6) is 5.88 Å². The number of ether oxygens (including phenoxy) is 1. The summed E-state index contributed by atoms with van der Waals surface area (Å²) < 4.78 is 5.68. The molecule has 3 rings (SSSR count). The molecular weight excluding hydrogens is 354 g/mol. The lowest BCUT2D eigenvalue weighted by molar-refractivity contribution is 0.228. The second-order valence-corrected chi connectivity index (χ2v) is 7.24. The average Bonchev–Trinajstić information content (AvgIpc) is 2.72. The highest BCUT2D eigenvalue weighted by Crippen LogP contribution is 2.18. The molecule has 7 nitrogen and oxygen atoms in total. The van der Waals surface area contributed by atoms with Crippen LogP contribution in [-0.4, -0.2) is 35.2 Å². The van der Waals surface area contributed by atoms with Gasteiger partial charge in [-0.3, -0.25) is 0 Å². The molecule has 2 N–H and O–H groups in total. The van der Waals surface area contributed by atoms with Crippen molar-refractivity contribution in [1.82, 2.24) is 20.6 Å². The fourth-order valence-electron chi connectivity index (χ4n) is 3.17. The van der Waals surface area contributed by atoms with Gasteiger partial charge in [0.15, 0.2) is 0 Å². The molecule has 0 saturated carbocycles. The zero-order valence-corrected chi connectivity index (χ0v) is 16.6. The molecule has 1 saturated heterocycles. The average molecular weight is 383 g/mol. The number of piperidine rings is 1. The summed E-state index contributed by atoms with van der Waals surface area (Å²) in [7, 11) is 0. The van der Waals surface area contributed by atoms with Crippen molar-refractivity contribution in [3.63, 3.8) is 0 Å². The second-order valence-electron chi connectivity index (χ2n) is 7.24. The molecule has 0 aliphatic carbocycles. The van der Waals surface area contributed by atoms with Crippen molar-refractivity contribution in [2.24, 2.45) is 0 Å². The van der Waals surface area contributed by atoms with E-state index in [9.17, 15) is 4.79 Å². The largest absolute Gasteiger partial charge is 0.475 e. The van der Waals surface area contributed by atoms with E-state index in [1.807, 2.05) is 38.2 Å². The van der Waals surface area contributed by atoms with Gasteiger partial charge in [0.2, 0.25) is 5.88 Å². The lowest BCUT2D eigenvalue weighted by Crippen LogP contribution is -2.35. The SMILES string of the molecule is CC(C)Oc1ncccc1CNC(=O)NCc1ccnc(N2CCCCC2)c1. The number of carbonyl (C=O) groups excluding carboxylic acids is 1. The van der Waals surface area contributed by atoms with Crippen molar-refractivity contribution in [1.29, 1.82) is 0 Å². The summed E-state index contributed by atoms with van der Waals surface area (Å²) in [5.41, 5.74) is 1.89. The number of aromatic nitrogens is 2. The zero-order chi connectivity index (χ0) is 19.8. The summed E-state index contributed by atoms with van der Waals surface area (Å²) in [4.78, 5) is 23.2. The number of nitrogens with one attached hydrogen (secondary N) is 2. The van der Waals surface area contributed by atoms with Gasteiger partial charge < -0.3 is 20.3 Å². The van der Waals surface area contributed by atoms with Gasteiger partial charge in [0.25, 0.3) is 0 Å². The maximum atomic E-state index is 12.2. The molecule has 0 spiro atoms. The molecule has 1 fully saturated rings. The standard InChI is InChI=1S/C21H29N5O2/c1-16(2)28-20-18(7-6-9-23-20)15-25-21(27)24-14-17-8-10-22-19(13-17)26-11-4-3-5-12-26/h6-10,13,16H,3-5,11-12,14-15H2,1-2H3,(H2,24,25,27). The summed E-state index contributed by atoms with van der Waals surface area (Å²) in [6, 6.07) is 7.50. The van der Waals surface area contributed by atoms with Crippen LogP contribution in [0.25, 0.3) is 0 Å². The normalized spacial score (nSPS) is 14.0. The lowest BCUT2D eigenvalue weighted by atomic mass is 10.1. The smallest absolute Gasteiger partial charge is 0.315 e. The van der Waals surface area contributed by atoms with E-state index in [0.717, 1.165) is 30.0 Å². The van der Waals surface area contributed by atoms with E-state index in [1.54, 1.807) is 6.20 Å². The number of carbonyl (C=O) groups is 1. The van der Waals surface area contributed by atoms with Gasteiger partial charge in [-0.1, -0.05) is 6.07 Å². The molecule has 1 aliphatic heterocycles. The molecule has 2 amide bonds. The van der Waals surface area contributed by atoms with Crippen molar-refractivity contribution in [3.05, 3.63) is 47.8 Å². The molecular formula is C21H29N5O2. The predicted octanol–water partition coefficient (Wildman–Crippen LogP) is 3.25. The minimum Gasteiger partial charge on any atom is -0.475 e. The molecule has 0 aromatic carbocycles. The Morgan fingerprint density at radius 1 is 1.11 bits per heavy atom. The molecule has 1 aliphatic rings. The van der Waals surface area contributed by atoms with Crippen LogP contribution < -0.4 is 20.3 Å². The van der Waals surface area contributed by atoms with Crippen molar-refractivity contribution in [3.8, 4) is 5.88 Å². The van der Waals surface area contributed by atoms with E-state index >= 15 is 0 Å².